The molecular formula is C22H17N3O3S. The monoisotopic (exact) mass is 403 g/mol. The number of rotatable bonds is 6. The van der Waals surface area contributed by atoms with Gasteiger partial charge in [0.15, 0.2) is 5.75 Å². The summed E-state index contributed by atoms with van der Waals surface area (Å²) in [4.78, 5) is 13.4. The molecule has 4 aromatic rings. The van der Waals surface area contributed by atoms with Gasteiger partial charge in [-0.05, 0) is 60.1 Å². The molecule has 0 aliphatic heterocycles. The summed E-state index contributed by atoms with van der Waals surface area (Å²) in [5.74, 6) is 1.67. The molecule has 0 saturated carbocycles. The topological polar surface area (TPSA) is 73.3 Å². The van der Waals surface area contributed by atoms with Crippen molar-refractivity contribution in [3.8, 4) is 28.5 Å². The van der Waals surface area contributed by atoms with Crippen LogP contribution < -0.4 is 14.8 Å². The molecule has 1 aromatic heterocycles. The number of aromatic nitrogens is 2. The van der Waals surface area contributed by atoms with Crippen molar-refractivity contribution in [2.75, 3.05) is 12.4 Å². The van der Waals surface area contributed by atoms with Gasteiger partial charge in [0.1, 0.15) is 22.1 Å². The fourth-order valence-electron chi connectivity index (χ4n) is 2.73. The summed E-state index contributed by atoms with van der Waals surface area (Å²) in [5, 5.41) is 7.04. The van der Waals surface area contributed by atoms with Gasteiger partial charge in [-0.1, -0.05) is 34.8 Å². The summed E-state index contributed by atoms with van der Waals surface area (Å²) in [5.41, 5.74) is 1.88. The van der Waals surface area contributed by atoms with Gasteiger partial charge in [0.05, 0.1) is 12.8 Å². The van der Waals surface area contributed by atoms with E-state index in [0.717, 1.165) is 22.8 Å². The third kappa shape index (κ3) is 4.25. The maximum absolute atomic E-state index is 12.9. The molecule has 1 amide bonds. The highest BCUT2D eigenvalue weighted by atomic mass is 32.1. The smallest absolute Gasteiger partial charge is 0.269 e. The van der Waals surface area contributed by atoms with Crippen molar-refractivity contribution in [3.63, 3.8) is 0 Å². The van der Waals surface area contributed by atoms with Crippen LogP contribution >= 0.6 is 11.5 Å². The normalized spacial score (nSPS) is 10.4. The molecule has 0 bridgehead atoms. The highest BCUT2D eigenvalue weighted by molar-refractivity contribution is 7.08. The molecular weight excluding hydrogens is 386 g/mol. The van der Waals surface area contributed by atoms with E-state index >= 15 is 0 Å². The van der Waals surface area contributed by atoms with E-state index in [9.17, 15) is 4.79 Å². The van der Waals surface area contributed by atoms with Crippen molar-refractivity contribution >= 4 is 23.1 Å². The van der Waals surface area contributed by atoms with Gasteiger partial charge in [0.2, 0.25) is 0 Å². The number of carbonyl (C=O) groups excluding carboxylic acids is 1. The van der Waals surface area contributed by atoms with E-state index < -0.39 is 0 Å². The van der Waals surface area contributed by atoms with Crippen LogP contribution in [-0.4, -0.2) is 22.6 Å². The molecule has 29 heavy (non-hydrogen) atoms. The lowest BCUT2D eigenvalue weighted by Gasteiger charge is -2.12. The largest absolute Gasteiger partial charge is 0.497 e. The molecule has 0 aliphatic carbocycles. The first-order valence-corrected chi connectivity index (χ1v) is 9.62. The SMILES string of the molecule is COc1ccc(-c2nnsc2C(=O)Nc2ccccc2Oc2ccccc2)cc1. The standard InChI is InChI=1S/C22H17N3O3S/c1-27-16-13-11-15(12-14-16)20-21(29-25-24-20)22(26)23-18-9-5-6-10-19(18)28-17-7-3-2-4-8-17/h2-14H,1H3,(H,23,26). The van der Waals surface area contributed by atoms with Crippen LogP contribution in [0.1, 0.15) is 9.67 Å². The Kier molecular flexibility index (Phi) is 5.49. The zero-order valence-corrected chi connectivity index (χ0v) is 16.3. The molecule has 3 aromatic carbocycles. The van der Waals surface area contributed by atoms with Gasteiger partial charge in [-0.3, -0.25) is 4.79 Å². The highest BCUT2D eigenvalue weighted by Crippen LogP contribution is 2.31. The van der Waals surface area contributed by atoms with E-state index in [0.29, 0.717) is 27.8 Å². The number of amides is 1. The quantitative estimate of drug-likeness (QED) is 0.475. The first kappa shape index (κ1) is 18.6. The first-order valence-electron chi connectivity index (χ1n) is 8.84. The molecule has 6 nitrogen and oxygen atoms in total. The maximum Gasteiger partial charge on any atom is 0.269 e. The Balaban J connectivity index is 1.57. The molecule has 0 spiro atoms. The van der Waals surface area contributed by atoms with Gasteiger partial charge in [0.25, 0.3) is 5.91 Å². The summed E-state index contributed by atoms with van der Waals surface area (Å²) in [6.45, 7) is 0. The molecule has 1 N–H and O–H groups in total. The van der Waals surface area contributed by atoms with Crippen molar-refractivity contribution in [1.29, 1.82) is 0 Å². The Morgan fingerprint density at radius 3 is 2.38 bits per heavy atom. The number of nitrogens with zero attached hydrogens (tertiary/aromatic N) is 2. The van der Waals surface area contributed by atoms with Crippen LogP contribution in [0.25, 0.3) is 11.3 Å². The van der Waals surface area contributed by atoms with Gasteiger partial charge in [-0.25, -0.2) is 0 Å². The van der Waals surface area contributed by atoms with E-state index in [1.165, 1.54) is 0 Å². The number of benzene rings is 3. The van der Waals surface area contributed by atoms with Gasteiger partial charge in [0, 0.05) is 5.56 Å². The predicted molar refractivity (Wildman–Crippen MR) is 113 cm³/mol. The Morgan fingerprint density at radius 2 is 1.62 bits per heavy atom. The molecule has 144 valence electrons. The number of hydrogen-bond acceptors (Lipinski definition) is 6. The second-order valence-electron chi connectivity index (χ2n) is 6.04. The van der Waals surface area contributed by atoms with Gasteiger partial charge >= 0.3 is 0 Å². The minimum absolute atomic E-state index is 0.296. The van der Waals surface area contributed by atoms with Crippen LogP contribution in [0.3, 0.4) is 0 Å². The van der Waals surface area contributed by atoms with Gasteiger partial charge < -0.3 is 14.8 Å². The van der Waals surface area contributed by atoms with E-state index in [2.05, 4.69) is 14.9 Å². The van der Waals surface area contributed by atoms with Crippen molar-refractivity contribution in [2.45, 2.75) is 0 Å². The Morgan fingerprint density at radius 1 is 0.897 bits per heavy atom. The minimum atomic E-state index is -0.296. The van der Waals surface area contributed by atoms with Crippen molar-refractivity contribution in [2.24, 2.45) is 0 Å². The summed E-state index contributed by atoms with van der Waals surface area (Å²) in [6, 6.07) is 24.0. The second-order valence-corrected chi connectivity index (χ2v) is 6.80. The lowest BCUT2D eigenvalue weighted by Crippen LogP contribution is -2.12. The lowest BCUT2D eigenvalue weighted by atomic mass is 10.1. The summed E-state index contributed by atoms with van der Waals surface area (Å²) < 4.78 is 15.1. The number of nitrogens with one attached hydrogen (secondary N) is 1. The second kappa shape index (κ2) is 8.53. The summed E-state index contributed by atoms with van der Waals surface area (Å²) in [6.07, 6.45) is 0. The Labute approximate surface area is 171 Å². The number of para-hydroxylation sites is 3. The van der Waals surface area contributed by atoms with Crippen molar-refractivity contribution in [1.82, 2.24) is 9.59 Å². The van der Waals surface area contributed by atoms with E-state index in [1.807, 2.05) is 66.7 Å². The minimum Gasteiger partial charge on any atom is -0.497 e. The predicted octanol–water partition coefficient (Wildman–Crippen LogP) is 5.26. The molecule has 0 fully saturated rings. The van der Waals surface area contributed by atoms with E-state index in [4.69, 9.17) is 9.47 Å². The average Bonchev–Trinajstić information content (AvgIpc) is 3.26. The number of methoxy groups -OCH3 is 1. The van der Waals surface area contributed by atoms with Crippen LogP contribution in [0.2, 0.25) is 0 Å². The first-order chi connectivity index (χ1) is 14.2. The molecule has 0 aliphatic rings. The Hall–Kier alpha value is -3.71. The zero-order chi connectivity index (χ0) is 20.1. The van der Waals surface area contributed by atoms with Crippen LogP contribution in [0, 0.1) is 0 Å². The third-order valence-electron chi connectivity index (χ3n) is 4.16. The maximum atomic E-state index is 12.9. The molecule has 7 heteroatoms. The van der Waals surface area contributed by atoms with Crippen molar-refractivity contribution in [3.05, 3.63) is 83.7 Å². The van der Waals surface area contributed by atoms with E-state index in [1.54, 1.807) is 19.2 Å². The van der Waals surface area contributed by atoms with Crippen LogP contribution in [-0.2, 0) is 0 Å². The van der Waals surface area contributed by atoms with E-state index in [-0.39, 0.29) is 5.91 Å². The summed E-state index contributed by atoms with van der Waals surface area (Å²) in [7, 11) is 1.60. The van der Waals surface area contributed by atoms with Gasteiger partial charge in [-0.2, -0.15) is 0 Å². The van der Waals surface area contributed by atoms with Crippen LogP contribution in [0.15, 0.2) is 78.9 Å². The zero-order valence-electron chi connectivity index (χ0n) is 15.5. The molecule has 0 unspecified atom stereocenters. The van der Waals surface area contributed by atoms with Crippen LogP contribution in [0.5, 0.6) is 17.2 Å². The molecule has 0 saturated heterocycles. The van der Waals surface area contributed by atoms with Gasteiger partial charge in [-0.15, -0.1) is 5.10 Å². The molecule has 0 atom stereocenters. The van der Waals surface area contributed by atoms with Crippen LogP contribution in [0.4, 0.5) is 5.69 Å². The lowest BCUT2D eigenvalue weighted by molar-refractivity contribution is 0.103. The number of anilines is 1. The third-order valence-corrected chi connectivity index (χ3v) is 4.89. The molecule has 0 radical (unpaired) electrons. The fourth-order valence-corrected chi connectivity index (χ4v) is 3.31. The number of hydrogen-bond donors (Lipinski definition) is 1. The molecule has 1 heterocycles. The Bertz CT molecular complexity index is 1110. The average molecular weight is 403 g/mol. The molecule has 4 rings (SSSR count). The number of ether oxygens (including phenoxy) is 2. The fraction of sp³-hybridized carbons (Fsp3) is 0.0455. The summed E-state index contributed by atoms with van der Waals surface area (Å²) >= 11 is 1.05. The van der Waals surface area contributed by atoms with Crippen molar-refractivity contribution < 1.29 is 14.3 Å². The number of carbonyl (C=O) groups is 1. The highest BCUT2D eigenvalue weighted by Gasteiger charge is 2.19.